The van der Waals surface area contributed by atoms with Gasteiger partial charge in [-0.15, -0.1) is 0 Å². The Morgan fingerprint density at radius 1 is 1.32 bits per heavy atom. The van der Waals surface area contributed by atoms with E-state index in [1.54, 1.807) is 4.90 Å². The van der Waals surface area contributed by atoms with Gasteiger partial charge in [0.25, 0.3) is 0 Å². The Morgan fingerprint density at radius 2 is 1.95 bits per heavy atom. The largest absolute Gasteiger partial charge is 0.444 e. The Balaban J connectivity index is 4.02. The topological polar surface area (TPSA) is 41.6 Å². The van der Waals surface area contributed by atoms with Crippen LogP contribution in [0.25, 0.3) is 0 Å². The highest BCUT2D eigenvalue weighted by atomic mass is 32.2. The van der Waals surface area contributed by atoms with E-state index < -0.39 is 5.60 Å². The second-order valence-corrected chi connectivity index (χ2v) is 6.85. The number of hydrogen-bond donors (Lipinski definition) is 1. The zero-order valence-corrected chi connectivity index (χ0v) is 14.1. The fourth-order valence-corrected chi connectivity index (χ4v) is 1.98. The normalized spacial score (nSPS) is 11.7. The molecule has 4 nitrogen and oxygen atoms in total. The van der Waals surface area contributed by atoms with Crippen molar-refractivity contribution in [3.63, 3.8) is 0 Å². The van der Waals surface area contributed by atoms with Crippen LogP contribution in [-0.4, -0.2) is 54.3 Å². The Morgan fingerprint density at radius 3 is 2.42 bits per heavy atom. The number of carbonyl (C=O) groups is 1. The van der Waals surface area contributed by atoms with Crippen LogP contribution in [0.1, 0.15) is 41.0 Å². The first-order chi connectivity index (χ1) is 8.78. The third-order valence-electron chi connectivity index (χ3n) is 2.48. The maximum Gasteiger partial charge on any atom is 0.410 e. The molecular weight excluding hydrogens is 260 g/mol. The van der Waals surface area contributed by atoms with E-state index in [1.165, 1.54) is 5.75 Å². The lowest BCUT2D eigenvalue weighted by Gasteiger charge is -2.30. The van der Waals surface area contributed by atoms with E-state index in [0.29, 0.717) is 6.54 Å². The van der Waals surface area contributed by atoms with E-state index in [0.717, 1.165) is 19.5 Å². The summed E-state index contributed by atoms with van der Waals surface area (Å²) in [5, 5.41) is 3.36. The van der Waals surface area contributed by atoms with Crippen molar-refractivity contribution in [1.82, 2.24) is 10.2 Å². The molecule has 1 amide bonds. The molecule has 0 aromatic heterocycles. The molecule has 0 radical (unpaired) electrons. The fraction of sp³-hybridized carbons (Fsp3) is 0.929. The molecule has 0 aliphatic carbocycles. The van der Waals surface area contributed by atoms with E-state index in [9.17, 15) is 4.79 Å². The average Bonchev–Trinajstić information content (AvgIpc) is 2.24. The summed E-state index contributed by atoms with van der Waals surface area (Å²) in [6.45, 7) is 12.2. The monoisotopic (exact) mass is 290 g/mol. The van der Waals surface area contributed by atoms with Crippen molar-refractivity contribution in [1.29, 1.82) is 0 Å². The molecule has 0 aliphatic heterocycles. The predicted octanol–water partition coefficient (Wildman–Crippen LogP) is 2.97. The summed E-state index contributed by atoms with van der Waals surface area (Å²) >= 11 is 1.86. The molecule has 0 fully saturated rings. The van der Waals surface area contributed by atoms with Crippen LogP contribution < -0.4 is 5.32 Å². The van der Waals surface area contributed by atoms with E-state index >= 15 is 0 Å². The predicted molar refractivity (Wildman–Crippen MR) is 83.9 cm³/mol. The van der Waals surface area contributed by atoms with Gasteiger partial charge in [0.2, 0.25) is 0 Å². The van der Waals surface area contributed by atoms with Gasteiger partial charge in [-0.25, -0.2) is 4.79 Å². The number of thioether (sulfide) groups is 1. The Hall–Kier alpha value is -0.420. The number of nitrogens with zero attached hydrogens (tertiary/aromatic N) is 1. The summed E-state index contributed by atoms with van der Waals surface area (Å²) in [4.78, 5) is 13.8. The lowest BCUT2D eigenvalue weighted by atomic mass is 10.2. The second-order valence-electron chi connectivity index (χ2n) is 5.86. The van der Waals surface area contributed by atoms with Crippen molar-refractivity contribution in [3.8, 4) is 0 Å². The molecule has 0 bridgehead atoms. The summed E-state index contributed by atoms with van der Waals surface area (Å²) < 4.78 is 5.41. The van der Waals surface area contributed by atoms with Gasteiger partial charge in [-0.2, -0.15) is 11.8 Å². The van der Waals surface area contributed by atoms with E-state index in [1.807, 2.05) is 46.4 Å². The number of carbonyl (C=O) groups excluding carboxylic acids is 1. The van der Waals surface area contributed by atoms with Crippen LogP contribution >= 0.6 is 11.8 Å². The highest BCUT2D eigenvalue weighted by Gasteiger charge is 2.23. The van der Waals surface area contributed by atoms with Gasteiger partial charge < -0.3 is 15.0 Å². The molecule has 0 saturated carbocycles. The smallest absolute Gasteiger partial charge is 0.410 e. The highest BCUT2D eigenvalue weighted by molar-refractivity contribution is 7.98. The first-order valence-corrected chi connectivity index (χ1v) is 8.36. The first kappa shape index (κ1) is 18.6. The van der Waals surface area contributed by atoms with E-state index in [-0.39, 0.29) is 12.1 Å². The molecule has 0 unspecified atom stereocenters. The molecule has 0 atom stereocenters. The van der Waals surface area contributed by atoms with Crippen LogP contribution in [0.15, 0.2) is 0 Å². The van der Waals surface area contributed by atoms with Gasteiger partial charge in [-0.05, 0) is 59.6 Å². The number of amides is 1. The molecule has 1 N–H and O–H groups in total. The summed E-state index contributed by atoms with van der Waals surface area (Å²) in [5.74, 6) is 1.17. The van der Waals surface area contributed by atoms with Gasteiger partial charge in [0.1, 0.15) is 5.60 Å². The number of rotatable bonds is 8. The van der Waals surface area contributed by atoms with Crippen LogP contribution in [0.4, 0.5) is 4.79 Å². The second kappa shape index (κ2) is 9.48. The van der Waals surface area contributed by atoms with E-state index in [2.05, 4.69) is 11.6 Å². The summed E-state index contributed by atoms with van der Waals surface area (Å²) in [6.07, 6.45) is 3.05. The molecule has 114 valence electrons. The molecular formula is C14H30N2O2S. The fourth-order valence-electron chi connectivity index (χ4n) is 1.55. The van der Waals surface area contributed by atoms with E-state index in [4.69, 9.17) is 4.74 Å². The van der Waals surface area contributed by atoms with Gasteiger partial charge in [0.15, 0.2) is 0 Å². The molecule has 0 aliphatic rings. The number of hydrogen-bond acceptors (Lipinski definition) is 4. The minimum atomic E-state index is -0.435. The number of nitrogens with one attached hydrogen (secondary N) is 1. The van der Waals surface area contributed by atoms with Gasteiger partial charge in [0, 0.05) is 19.1 Å². The van der Waals surface area contributed by atoms with Crippen molar-refractivity contribution in [2.45, 2.75) is 52.7 Å². The SMILES string of the molecule is CSCCCNCCN(C(=O)OC(C)(C)C)C(C)C. The molecule has 0 rings (SSSR count). The Bertz CT molecular complexity index is 252. The summed E-state index contributed by atoms with van der Waals surface area (Å²) in [6, 6.07) is 0.155. The minimum Gasteiger partial charge on any atom is -0.444 e. The Labute approximate surface area is 122 Å². The maximum absolute atomic E-state index is 12.0. The number of ether oxygens (including phenoxy) is 1. The third kappa shape index (κ3) is 10.1. The van der Waals surface area contributed by atoms with Gasteiger partial charge in [-0.1, -0.05) is 0 Å². The molecule has 0 heterocycles. The average molecular weight is 290 g/mol. The quantitative estimate of drug-likeness (QED) is 0.698. The standard InChI is InChI=1S/C14H30N2O2S/c1-12(2)16(13(17)18-14(3,4)5)10-9-15-8-7-11-19-6/h12,15H,7-11H2,1-6H3. The van der Waals surface area contributed by atoms with Crippen LogP contribution in [0, 0.1) is 0 Å². The molecule has 0 spiro atoms. The Kier molecular flexibility index (Phi) is 9.27. The third-order valence-corrected chi connectivity index (χ3v) is 3.18. The molecule has 19 heavy (non-hydrogen) atoms. The lowest BCUT2D eigenvalue weighted by molar-refractivity contribution is 0.0194. The highest BCUT2D eigenvalue weighted by Crippen LogP contribution is 2.11. The molecule has 0 aromatic carbocycles. The van der Waals surface area contributed by atoms with Crippen molar-refractivity contribution in [2.75, 3.05) is 31.6 Å². The zero-order valence-electron chi connectivity index (χ0n) is 13.3. The minimum absolute atomic E-state index is 0.155. The van der Waals surface area contributed by atoms with Crippen molar-refractivity contribution in [2.24, 2.45) is 0 Å². The lowest BCUT2D eigenvalue weighted by Crippen LogP contribution is -2.44. The van der Waals surface area contributed by atoms with Crippen LogP contribution in [0.5, 0.6) is 0 Å². The first-order valence-electron chi connectivity index (χ1n) is 6.97. The van der Waals surface area contributed by atoms with Crippen LogP contribution in [0.3, 0.4) is 0 Å². The summed E-state index contributed by atoms with van der Waals surface area (Å²) in [7, 11) is 0. The summed E-state index contributed by atoms with van der Waals surface area (Å²) in [5.41, 5.74) is -0.435. The molecule has 0 aromatic rings. The molecule has 5 heteroatoms. The maximum atomic E-state index is 12.0. The van der Waals surface area contributed by atoms with Crippen LogP contribution in [0.2, 0.25) is 0 Å². The van der Waals surface area contributed by atoms with Crippen molar-refractivity contribution < 1.29 is 9.53 Å². The van der Waals surface area contributed by atoms with Gasteiger partial charge in [-0.3, -0.25) is 0 Å². The van der Waals surface area contributed by atoms with Crippen molar-refractivity contribution in [3.05, 3.63) is 0 Å². The van der Waals surface area contributed by atoms with Crippen molar-refractivity contribution >= 4 is 17.9 Å². The molecule has 0 saturated heterocycles. The van der Waals surface area contributed by atoms with Crippen LogP contribution in [-0.2, 0) is 4.74 Å². The van der Waals surface area contributed by atoms with Gasteiger partial charge >= 0.3 is 6.09 Å². The van der Waals surface area contributed by atoms with Gasteiger partial charge in [0.05, 0.1) is 0 Å². The zero-order chi connectivity index (χ0) is 14.9.